The molecule has 0 bridgehead atoms. The maximum atomic E-state index is 12.2. The lowest BCUT2D eigenvalue weighted by Gasteiger charge is -2.13. The molecule has 0 aliphatic rings. The predicted molar refractivity (Wildman–Crippen MR) is 101 cm³/mol. The van der Waals surface area contributed by atoms with Gasteiger partial charge in [0.1, 0.15) is 0 Å². The van der Waals surface area contributed by atoms with E-state index in [-0.39, 0.29) is 5.91 Å². The smallest absolute Gasteiger partial charge is 0.234 e. The van der Waals surface area contributed by atoms with Gasteiger partial charge in [-0.1, -0.05) is 41.5 Å². The zero-order chi connectivity index (χ0) is 17.0. The number of thioether (sulfide) groups is 1. The fraction of sp³-hybridized carbons (Fsp3) is 0.350. The first-order valence-electron chi connectivity index (χ1n) is 7.88. The largest absolute Gasteiger partial charge is 0.325 e. The molecule has 2 aromatic rings. The van der Waals surface area contributed by atoms with E-state index in [2.05, 4.69) is 56.4 Å². The molecule has 0 spiro atoms. The molecule has 0 unspecified atom stereocenters. The summed E-state index contributed by atoms with van der Waals surface area (Å²) < 4.78 is 0. The maximum Gasteiger partial charge on any atom is 0.234 e. The molecule has 2 aromatic carbocycles. The van der Waals surface area contributed by atoms with Gasteiger partial charge in [-0.05, 0) is 56.9 Å². The predicted octanol–water partition coefficient (Wildman–Crippen LogP) is 5.10. The number of carbonyl (C=O) groups excluding carboxylic acids is 1. The monoisotopic (exact) mass is 327 g/mol. The van der Waals surface area contributed by atoms with E-state index < -0.39 is 0 Å². The Balaban J connectivity index is 1.92. The Labute approximate surface area is 143 Å². The Hall–Kier alpha value is -1.74. The van der Waals surface area contributed by atoms with Gasteiger partial charge in [0.25, 0.3) is 0 Å². The standard InChI is InChI=1S/C20H25NOS/c1-13-6-7-15(3)18(10-13)11-23-12-19(22)21-20-16(4)8-14(2)9-17(20)5/h6-10H,11-12H2,1-5H3,(H,21,22). The van der Waals surface area contributed by atoms with E-state index in [9.17, 15) is 4.79 Å². The van der Waals surface area contributed by atoms with Gasteiger partial charge in [-0.2, -0.15) is 0 Å². The van der Waals surface area contributed by atoms with Crippen molar-refractivity contribution < 1.29 is 4.79 Å². The van der Waals surface area contributed by atoms with Crippen molar-refractivity contribution in [2.24, 2.45) is 0 Å². The molecule has 0 atom stereocenters. The van der Waals surface area contributed by atoms with Crippen LogP contribution in [0, 0.1) is 34.6 Å². The van der Waals surface area contributed by atoms with E-state index >= 15 is 0 Å². The highest BCUT2D eigenvalue weighted by Crippen LogP contribution is 2.23. The molecule has 1 amide bonds. The second kappa shape index (κ2) is 7.69. The number of carbonyl (C=O) groups is 1. The van der Waals surface area contributed by atoms with E-state index in [1.165, 1.54) is 22.3 Å². The van der Waals surface area contributed by atoms with Gasteiger partial charge in [0.2, 0.25) is 5.91 Å². The van der Waals surface area contributed by atoms with Crippen molar-refractivity contribution in [3.05, 3.63) is 63.7 Å². The number of benzene rings is 2. The van der Waals surface area contributed by atoms with Crippen LogP contribution >= 0.6 is 11.8 Å². The van der Waals surface area contributed by atoms with E-state index in [0.29, 0.717) is 5.75 Å². The highest BCUT2D eigenvalue weighted by Gasteiger charge is 2.09. The second-order valence-electron chi connectivity index (χ2n) is 6.24. The van der Waals surface area contributed by atoms with Crippen molar-refractivity contribution in [3.8, 4) is 0 Å². The fourth-order valence-corrected chi connectivity index (χ4v) is 3.65. The van der Waals surface area contributed by atoms with Crippen molar-refractivity contribution in [2.45, 2.75) is 40.4 Å². The first-order valence-corrected chi connectivity index (χ1v) is 9.04. The molecule has 0 aromatic heterocycles. The number of nitrogens with one attached hydrogen (secondary N) is 1. The summed E-state index contributed by atoms with van der Waals surface area (Å²) in [6.07, 6.45) is 0. The van der Waals surface area contributed by atoms with Crippen LogP contribution in [0.15, 0.2) is 30.3 Å². The van der Waals surface area contributed by atoms with E-state index in [1.54, 1.807) is 11.8 Å². The Kier molecular flexibility index (Phi) is 5.89. The van der Waals surface area contributed by atoms with Crippen LogP contribution in [0.2, 0.25) is 0 Å². The summed E-state index contributed by atoms with van der Waals surface area (Å²) >= 11 is 1.66. The fourth-order valence-electron chi connectivity index (χ4n) is 2.76. The van der Waals surface area contributed by atoms with E-state index in [4.69, 9.17) is 0 Å². The molecule has 0 saturated carbocycles. The molecule has 122 valence electrons. The van der Waals surface area contributed by atoms with Crippen molar-refractivity contribution in [1.82, 2.24) is 0 Å². The molecule has 0 radical (unpaired) electrons. The summed E-state index contributed by atoms with van der Waals surface area (Å²) in [5.41, 5.74) is 8.28. The summed E-state index contributed by atoms with van der Waals surface area (Å²) in [6.45, 7) is 10.4. The molecule has 1 N–H and O–H groups in total. The number of aryl methyl sites for hydroxylation is 5. The van der Waals surface area contributed by atoms with Crippen molar-refractivity contribution >= 4 is 23.4 Å². The average molecular weight is 327 g/mol. The molecule has 0 heterocycles. The minimum Gasteiger partial charge on any atom is -0.325 e. The third-order valence-corrected chi connectivity index (χ3v) is 4.92. The van der Waals surface area contributed by atoms with Crippen LogP contribution in [-0.4, -0.2) is 11.7 Å². The number of rotatable bonds is 5. The van der Waals surface area contributed by atoms with E-state index in [1.807, 2.05) is 13.8 Å². The topological polar surface area (TPSA) is 29.1 Å². The lowest BCUT2D eigenvalue weighted by molar-refractivity contribution is -0.113. The molecule has 2 nitrogen and oxygen atoms in total. The molecular formula is C20H25NOS. The highest BCUT2D eigenvalue weighted by molar-refractivity contribution is 7.99. The summed E-state index contributed by atoms with van der Waals surface area (Å²) in [7, 11) is 0. The lowest BCUT2D eigenvalue weighted by atomic mass is 10.1. The molecule has 0 aliphatic carbocycles. The third-order valence-electron chi connectivity index (χ3n) is 3.94. The molecule has 0 aliphatic heterocycles. The second-order valence-corrected chi connectivity index (χ2v) is 7.23. The van der Waals surface area contributed by atoms with Crippen LogP contribution in [0.3, 0.4) is 0 Å². The first-order chi connectivity index (χ1) is 10.9. The molecule has 2 rings (SSSR count). The van der Waals surface area contributed by atoms with Gasteiger partial charge in [-0.15, -0.1) is 11.8 Å². The molecular weight excluding hydrogens is 302 g/mol. The first kappa shape index (κ1) is 17.6. The highest BCUT2D eigenvalue weighted by atomic mass is 32.2. The minimum atomic E-state index is 0.0651. The van der Waals surface area contributed by atoms with Crippen LogP contribution in [0.25, 0.3) is 0 Å². The van der Waals surface area contributed by atoms with Crippen molar-refractivity contribution in [3.63, 3.8) is 0 Å². The summed E-state index contributed by atoms with van der Waals surface area (Å²) in [5, 5.41) is 3.06. The third kappa shape index (κ3) is 4.87. The van der Waals surface area contributed by atoms with Crippen LogP contribution in [0.1, 0.15) is 33.4 Å². The molecule has 3 heteroatoms. The van der Waals surface area contributed by atoms with Gasteiger partial charge in [-0.25, -0.2) is 0 Å². The van der Waals surface area contributed by atoms with Crippen LogP contribution < -0.4 is 5.32 Å². The van der Waals surface area contributed by atoms with Crippen LogP contribution in [-0.2, 0) is 10.5 Å². The Bertz CT molecular complexity index is 699. The number of anilines is 1. The van der Waals surface area contributed by atoms with Crippen LogP contribution in [0.4, 0.5) is 5.69 Å². The minimum absolute atomic E-state index is 0.0651. The SMILES string of the molecule is Cc1cc(C)c(NC(=O)CSCc2cc(C)ccc2C)c(C)c1. The molecule has 0 fully saturated rings. The summed E-state index contributed by atoms with van der Waals surface area (Å²) in [6, 6.07) is 10.7. The van der Waals surface area contributed by atoms with Gasteiger partial charge < -0.3 is 5.32 Å². The molecule has 0 saturated heterocycles. The maximum absolute atomic E-state index is 12.2. The number of hydrogen-bond acceptors (Lipinski definition) is 2. The Morgan fingerprint density at radius 3 is 2.22 bits per heavy atom. The van der Waals surface area contributed by atoms with Gasteiger partial charge >= 0.3 is 0 Å². The van der Waals surface area contributed by atoms with Crippen molar-refractivity contribution in [2.75, 3.05) is 11.1 Å². The average Bonchev–Trinajstić information content (AvgIpc) is 2.46. The zero-order valence-corrected chi connectivity index (χ0v) is 15.4. The van der Waals surface area contributed by atoms with Gasteiger partial charge in [0.15, 0.2) is 0 Å². The molecule has 23 heavy (non-hydrogen) atoms. The summed E-state index contributed by atoms with van der Waals surface area (Å²) in [5.74, 6) is 1.41. The summed E-state index contributed by atoms with van der Waals surface area (Å²) in [4.78, 5) is 12.2. The number of hydrogen-bond donors (Lipinski definition) is 1. The van der Waals surface area contributed by atoms with Crippen LogP contribution in [0.5, 0.6) is 0 Å². The van der Waals surface area contributed by atoms with E-state index in [0.717, 1.165) is 22.6 Å². The van der Waals surface area contributed by atoms with Crippen molar-refractivity contribution in [1.29, 1.82) is 0 Å². The zero-order valence-electron chi connectivity index (χ0n) is 14.6. The van der Waals surface area contributed by atoms with Gasteiger partial charge in [-0.3, -0.25) is 4.79 Å². The van der Waals surface area contributed by atoms with Gasteiger partial charge in [0.05, 0.1) is 5.75 Å². The van der Waals surface area contributed by atoms with Gasteiger partial charge in [0, 0.05) is 11.4 Å². The Morgan fingerprint density at radius 2 is 1.57 bits per heavy atom. The normalized spacial score (nSPS) is 10.7. The quantitative estimate of drug-likeness (QED) is 0.827. The Morgan fingerprint density at radius 1 is 0.913 bits per heavy atom. The number of amides is 1. The lowest BCUT2D eigenvalue weighted by Crippen LogP contribution is -2.16.